The van der Waals surface area contributed by atoms with E-state index in [0.717, 1.165) is 18.4 Å². The Morgan fingerprint density at radius 1 is 0.906 bits per heavy atom. The smallest absolute Gasteiger partial charge is 0.243 e. The van der Waals surface area contributed by atoms with Crippen LogP contribution in [-0.2, 0) is 28.0 Å². The lowest BCUT2D eigenvalue weighted by molar-refractivity contribution is 0.112. The van der Waals surface area contributed by atoms with E-state index in [4.69, 9.17) is 4.74 Å². The number of unbranched alkanes of at least 4 members (excludes halogenated alkanes) is 1. The summed E-state index contributed by atoms with van der Waals surface area (Å²) in [5, 5.41) is 19.3. The zero-order valence-corrected chi connectivity index (χ0v) is 20.0. The van der Waals surface area contributed by atoms with Gasteiger partial charge in [-0.25, -0.2) is 8.42 Å². The van der Waals surface area contributed by atoms with Crippen molar-refractivity contribution in [3.8, 4) is 0 Å². The average molecular weight is 464 g/mol. The van der Waals surface area contributed by atoms with Crippen molar-refractivity contribution in [2.75, 3.05) is 19.8 Å². The van der Waals surface area contributed by atoms with Crippen molar-refractivity contribution < 1.29 is 23.4 Å². The van der Waals surface area contributed by atoms with Gasteiger partial charge >= 0.3 is 0 Å². The number of aliphatic hydroxyl groups is 2. The fourth-order valence-electron chi connectivity index (χ4n) is 3.46. The van der Waals surface area contributed by atoms with Crippen LogP contribution in [-0.4, -0.2) is 48.7 Å². The van der Waals surface area contributed by atoms with Gasteiger partial charge in [-0.15, -0.1) is 0 Å². The lowest BCUT2D eigenvalue weighted by Crippen LogP contribution is -2.43. The Kier molecular flexibility index (Phi) is 11.3. The number of sulfonamides is 1. The molecule has 1 unspecified atom stereocenters. The summed E-state index contributed by atoms with van der Waals surface area (Å²) in [6.45, 7) is 5.26. The molecule has 0 fully saturated rings. The summed E-state index contributed by atoms with van der Waals surface area (Å²) in [5.41, 5.74) is 1.78. The molecule has 0 amide bonds. The number of rotatable bonds is 15. The van der Waals surface area contributed by atoms with E-state index in [9.17, 15) is 18.6 Å². The number of nitrogens with zero attached hydrogens (tertiary/aromatic N) is 1. The SMILES string of the molecule is CC(C)CCN(C(CO)CCCCOCc1ccccc1)S(=O)(=O)c1ccc(CO)cc1. The fraction of sp³-hybridized carbons (Fsp3) is 0.520. The Bertz CT molecular complexity index is 869. The van der Waals surface area contributed by atoms with E-state index in [0.29, 0.717) is 44.1 Å². The second kappa shape index (κ2) is 13.7. The van der Waals surface area contributed by atoms with Gasteiger partial charge < -0.3 is 14.9 Å². The highest BCUT2D eigenvalue weighted by atomic mass is 32.2. The van der Waals surface area contributed by atoms with Gasteiger partial charge in [0.05, 0.1) is 24.7 Å². The summed E-state index contributed by atoms with van der Waals surface area (Å²) >= 11 is 0. The van der Waals surface area contributed by atoms with Gasteiger partial charge in [0.15, 0.2) is 0 Å². The van der Waals surface area contributed by atoms with E-state index in [1.54, 1.807) is 12.1 Å². The van der Waals surface area contributed by atoms with Crippen molar-refractivity contribution >= 4 is 10.0 Å². The number of aliphatic hydroxyl groups excluding tert-OH is 2. The minimum absolute atomic E-state index is 0.136. The summed E-state index contributed by atoms with van der Waals surface area (Å²) < 4.78 is 33.9. The molecule has 2 rings (SSSR count). The van der Waals surface area contributed by atoms with Gasteiger partial charge in [-0.2, -0.15) is 4.31 Å². The summed E-state index contributed by atoms with van der Waals surface area (Å²) in [6.07, 6.45) is 2.84. The summed E-state index contributed by atoms with van der Waals surface area (Å²) in [7, 11) is -3.76. The fourth-order valence-corrected chi connectivity index (χ4v) is 5.12. The molecule has 2 N–H and O–H groups in total. The highest BCUT2D eigenvalue weighted by Crippen LogP contribution is 2.23. The Labute approximate surface area is 192 Å². The van der Waals surface area contributed by atoms with Crippen molar-refractivity contribution in [1.29, 1.82) is 0 Å². The maximum atomic E-state index is 13.4. The molecule has 0 radical (unpaired) electrons. The standard InChI is InChI=1S/C25H37NO5S/c1-21(2)15-16-26(32(29,30)25-13-11-22(18-27)12-14-25)24(19-28)10-6-7-17-31-20-23-8-4-3-5-9-23/h3-5,8-9,11-14,21,24,27-28H,6-7,10,15-20H2,1-2H3. The van der Waals surface area contributed by atoms with Crippen LogP contribution >= 0.6 is 0 Å². The number of hydrogen-bond donors (Lipinski definition) is 2. The summed E-state index contributed by atoms with van der Waals surface area (Å²) in [6, 6.07) is 15.8. The zero-order valence-electron chi connectivity index (χ0n) is 19.2. The van der Waals surface area contributed by atoms with Gasteiger partial charge in [0.25, 0.3) is 0 Å². The molecule has 0 bridgehead atoms. The molecule has 0 saturated carbocycles. The minimum Gasteiger partial charge on any atom is -0.395 e. The Balaban J connectivity index is 1.97. The number of benzene rings is 2. The molecule has 6 nitrogen and oxygen atoms in total. The highest BCUT2D eigenvalue weighted by molar-refractivity contribution is 7.89. The summed E-state index contributed by atoms with van der Waals surface area (Å²) in [5.74, 6) is 0.343. The normalized spacial score (nSPS) is 13.1. The van der Waals surface area contributed by atoms with E-state index in [1.165, 1.54) is 16.4 Å². The van der Waals surface area contributed by atoms with Crippen LogP contribution in [0.25, 0.3) is 0 Å². The molecule has 0 aliphatic carbocycles. The molecule has 0 saturated heterocycles. The Morgan fingerprint density at radius 2 is 1.59 bits per heavy atom. The third kappa shape index (κ3) is 8.30. The molecule has 0 aliphatic heterocycles. The number of hydrogen-bond acceptors (Lipinski definition) is 5. The van der Waals surface area contributed by atoms with E-state index in [1.807, 2.05) is 30.3 Å². The molecule has 1 atom stereocenters. The number of ether oxygens (including phenoxy) is 1. The van der Waals surface area contributed by atoms with Crippen LogP contribution in [0.5, 0.6) is 0 Å². The predicted octanol–water partition coefficient (Wildman–Crippen LogP) is 3.96. The average Bonchev–Trinajstić information content (AvgIpc) is 2.80. The predicted molar refractivity (Wildman–Crippen MR) is 127 cm³/mol. The summed E-state index contributed by atoms with van der Waals surface area (Å²) in [4.78, 5) is 0.183. The Hall–Kier alpha value is -1.77. The van der Waals surface area contributed by atoms with E-state index in [2.05, 4.69) is 13.8 Å². The van der Waals surface area contributed by atoms with Gasteiger partial charge in [-0.1, -0.05) is 56.3 Å². The molecule has 0 spiro atoms. The van der Waals surface area contributed by atoms with Gasteiger partial charge in [-0.05, 0) is 54.9 Å². The maximum Gasteiger partial charge on any atom is 0.243 e. The Morgan fingerprint density at radius 3 is 2.19 bits per heavy atom. The van der Waals surface area contributed by atoms with Crippen LogP contribution in [0, 0.1) is 5.92 Å². The maximum absolute atomic E-state index is 13.4. The largest absolute Gasteiger partial charge is 0.395 e. The van der Waals surface area contributed by atoms with Crippen molar-refractivity contribution in [3.63, 3.8) is 0 Å². The van der Waals surface area contributed by atoms with Gasteiger partial charge in [0.2, 0.25) is 10.0 Å². The van der Waals surface area contributed by atoms with Crippen LogP contribution in [0.4, 0.5) is 0 Å². The van der Waals surface area contributed by atoms with Crippen LogP contribution in [0.15, 0.2) is 59.5 Å². The third-order valence-electron chi connectivity index (χ3n) is 5.44. The first-order chi connectivity index (χ1) is 15.4. The molecular formula is C25H37NO5S. The lowest BCUT2D eigenvalue weighted by Gasteiger charge is -2.30. The zero-order chi connectivity index (χ0) is 23.4. The van der Waals surface area contributed by atoms with Gasteiger partial charge in [0, 0.05) is 19.2 Å². The second-order valence-corrected chi connectivity index (χ2v) is 10.4. The quantitative estimate of drug-likeness (QED) is 0.390. The van der Waals surface area contributed by atoms with Crippen molar-refractivity contribution in [2.24, 2.45) is 5.92 Å². The second-order valence-electron chi connectivity index (χ2n) is 8.47. The van der Waals surface area contributed by atoms with Crippen molar-refractivity contribution in [3.05, 3.63) is 65.7 Å². The molecule has 32 heavy (non-hydrogen) atoms. The van der Waals surface area contributed by atoms with E-state index < -0.39 is 16.1 Å². The monoisotopic (exact) mass is 463 g/mol. The van der Waals surface area contributed by atoms with Crippen LogP contribution in [0.3, 0.4) is 0 Å². The topological polar surface area (TPSA) is 87.1 Å². The van der Waals surface area contributed by atoms with Crippen LogP contribution in [0.1, 0.15) is 50.7 Å². The third-order valence-corrected chi connectivity index (χ3v) is 7.41. The highest BCUT2D eigenvalue weighted by Gasteiger charge is 2.30. The molecule has 0 aliphatic rings. The van der Waals surface area contributed by atoms with Crippen molar-refractivity contribution in [2.45, 2.75) is 63.7 Å². The lowest BCUT2D eigenvalue weighted by atomic mass is 10.1. The molecule has 0 aromatic heterocycles. The van der Waals surface area contributed by atoms with E-state index in [-0.39, 0.29) is 18.1 Å². The molecule has 2 aromatic rings. The van der Waals surface area contributed by atoms with Gasteiger partial charge in [-0.3, -0.25) is 0 Å². The molecule has 2 aromatic carbocycles. The molecule has 178 valence electrons. The van der Waals surface area contributed by atoms with Crippen LogP contribution in [0.2, 0.25) is 0 Å². The first-order valence-corrected chi connectivity index (χ1v) is 12.8. The first kappa shape index (κ1) is 26.5. The molecule has 7 heteroatoms. The first-order valence-electron chi connectivity index (χ1n) is 11.3. The van der Waals surface area contributed by atoms with Crippen molar-refractivity contribution in [1.82, 2.24) is 4.31 Å². The molecule has 0 heterocycles. The van der Waals surface area contributed by atoms with Crippen LogP contribution < -0.4 is 0 Å². The minimum atomic E-state index is -3.76. The van der Waals surface area contributed by atoms with Gasteiger partial charge in [0.1, 0.15) is 0 Å². The van der Waals surface area contributed by atoms with E-state index >= 15 is 0 Å². The molecular weight excluding hydrogens is 426 g/mol.